The molecule has 0 amide bonds. The van der Waals surface area contributed by atoms with Crippen LogP contribution in [0.4, 0.5) is 0 Å². The molecule has 0 aromatic carbocycles. The lowest BCUT2D eigenvalue weighted by atomic mass is 10.2. The molecule has 0 radical (unpaired) electrons. The van der Waals surface area contributed by atoms with E-state index in [4.69, 9.17) is 4.74 Å². The first-order valence-electron chi connectivity index (χ1n) is 4.61. The largest absolute Gasteiger partial charge is 0.485 e. The molecule has 0 spiro atoms. The Bertz CT molecular complexity index is 271. The summed E-state index contributed by atoms with van der Waals surface area (Å²) in [5.74, 6) is 0.834. The molecule has 1 aromatic rings. The number of hydrogen-bond donors (Lipinski definition) is 0. The zero-order chi connectivity index (χ0) is 10.1. The van der Waals surface area contributed by atoms with E-state index in [2.05, 4.69) is 18.9 Å². The highest BCUT2D eigenvalue weighted by molar-refractivity contribution is 5.13. The predicted molar refractivity (Wildman–Crippen MR) is 53.0 cm³/mol. The second kappa shape index (κ2) is 3.40. The molecule has 0 aliphatic heterocycles. The van der Waals surface area contributed by atoms with Crippen molar-refractivity contribution in [3.63, 3.8) is 0 Å². The van der Waals surface area contributed by atoms with Gasteiger partial charge in [0.15, 0.2) is 5.75 Å². The third-order valence-corrected chi connectivity index (χ3v) is 1.53. The van der Waals surface area contributed by atoms with Crippen molar-refractivity contribution in [3.8, 4) is 5.75 Å². The van der Waals surface area contributed by atoms with Gasteiger partial charge in [0.25, 0.3) is 0 Å². The van der Waals surface area contributed by atoms with Gasteiger partial charge in [0.2, 0.25) is 0 Å². The first-order chi connectivity index (χ1) is 5.88. The molecule has 13 heavy (non-hydrogen) atoms. The van der Waals surface area contributed by atoms with Gasteiger partial charge in [-0.25, -0.2) is 0 Å². The van der Waals surface area contributed by atoms with Gasteiger partial charge in [-0.1, -0.05) is 0 Å². The van der Waals surface area contributed by atoms with E-state index >= 15 is 0 Å². The Kier molecular flexibility index (Phi) is 2.64. The van der Waals surface area contributed by atoms with E-state index in [0.717, 1.165) is 5.75 Å². The molecule has 0 saturated carbocycles. The fourth-order valence-electron chi connectivity index (χ4n) is 1.01. The maximum atomic E-state index is 5.65. The minimum absolute atomic E-state index is 0.148. The van der Waals surface area contributed by atoms with Gasteiger partial charge in [-0.05, 0) is 34.6 Å². The van der Waals surface area contributed by atoms with Crippen LogP contribution in [0.5, 0.6) is 5.75 Å². The predicted octanol–water partition coefficient (Wildman–Crippen LogP) is 2.64. The lowest BCUT2D eigenvalue weighted by Crippen LogP contribution is -2.22. The monoisotopic (exact) mass is 182 g/mol. The molecule has 1 heterocycles. The van der Waals surface area contributed by atoms with E-state index < -0.39 is 0 Å². The number of nitrogens with zero attached hydrogens (tertiary/aromatic N) is 2. The molecule has 0 unspecified atom stereocenters. The number of rotatable bonds is 2. The summed E-state index contributed by atoms with van der Waals surface area (Å²) in [7, 11) is 0. The summed E-state index contributed by atoms with van der Waals surface area (Å²) in [5.41, 5.74) is -0.148. The standard InChI is InChI=1S/C10H18N2O/c1-8(2)12-7-9(6-11-12)13-10(3,4)5/h6-8H,1-5H3. The highest BCUT2D eigenvalue weighted by atomic mass is 16.5. The molecule has 74 valence electrons. The van der Waals surface area contributed by atoms with Crippen LogP contribution in [0.3, 0.4) is 0 Å². The summed E-state index contributed by atoms with van der Waals surface area (Å²) >= 11 is 0. The van der Waals surface area contributed by atoms with E-state index in [9.17, 15) is 0 Å². The van der Waals surface area contributed by atoms with Gasteiger partial charge < -0.3 is 4.74 Å². The quantitative estimate of drug-likeness (QED) is 0.703. The van der Waals surface area contributed by atoms with Crippen LogP contribution in [-0.4, -0.2) is 15.4 Å². The molecule has 1 aromatic heterocycles. The molecule has 3 heteroatoms. The van der Waals surface area contributed by atoms with Gasteiger partial charge >= 0.3 is 0 Å². The first-order valence-corrected chi connectivity index (χ1v) is 4.61. The van der Waals surface area contributed by atoms with E-state index in [1.807, 2.05) is 31.6 Å². The van der Waals surface area contributed by atoms with Crippen molar-refractivity contribution in [1.29, 1.82) is 0 Å². The van der Waals surface area contributed by atoms with Crippen LogP contribution in [0.25, 0.3) is 0 Å². The third kappa shape index (κ3) is 3.09. The Morgan fingerprint density at radius 2 is 2.00 bits per heavy atom. The number of ether oxygens (including phenoxy) is 1. The maximum absolute atomic E-state index is 5.65. The minimum atomic E-state index is -0.148. The van der Waals surface area contributed by atoms with Crippen molar-refractivity contribution in [2.45, 2.75) is 46.3 Å². The lowest BCUT2D eigenvalue weighted by molar-refractivity contribution is 0.130. The van der Waals surface area contributed by atoms with Gasteiger partial charge in [0.1, 0.15) is 5.60 Å². The lowest BCUT2D eigenvalue weighted by Gasteiger charge is -2.19. The number of aromatic nitrogens is 2. The Morgan fingerprint density at radius 3 is 2.38 bits per heavy atom. The van der Waals surface area contributed by atoms with Crippen LogP contribution in [-0.2, 0) is 0 Å². The van der Waals surface area contributed by atoms with Crippen LogP contribution in [0.1, 0.15) is 40.7 Å². The average Bonchev–Trinajstić information content (AvgIpc) is 2.31. The van der Waals surface area contributed by atoms with Gasteiger partial charge in [-0.2, -0.15) is 5.10 Å². The second-order valence-corrected chi connectivity index (χ2v) is 4.46. The van der Waals surface area contributed by atoms with E-state index in [1.54, 1.807) is 6.20 Å². The van der Waals surface area contributed by atoms with Gasteiger partial charge in [-0.15, -0.1) is 0 Å². The molecule has 0 aliphatic carbocycles. The second-order valence-electron chi connectivity index (χ2n) is 4.46. The first kappa shape index (κ1) is 10.1. The Hall–Kier alpha value is -0.990. The highest BCUT2D eigenvalue weighted by Gasteiger charge is 2.13. The number of hydrogen-bond acceptors (Lipinski definition) is 2. The van der Waals surface area contributed by atoms with Crippen LogP contribution in [0.15, 0.2) is 12.4 Å². The minimum Gasteiger partial charge on any atom is -0.485 e. The fraction of sp³-hybridized carbons (Fsp3) is 0.700. The summed E-state index contributed by atoms with van der Waals surface area (Å²) in [6, 6.07) is 0.386. The molecule has 1 rings (SSSR count). The van der Waals surface area contributed by atoms with Crippen LogP contribution < -0.4 is 4.74 Å². The molecular formula is C10H18N2O. The topological polar surface area (TPSA) is 27.1 Å². The molecule has 0 fully saturated rings. The molecule has 0 atom stereocenters. The summed E-state index contributed by atoms with van der Waals surface area (Å²) in [5, 5.41) is 4.19. The summed E-state index contributed by atoms with van der Waals surface area (Å²) in [6.45, 7) is 10.3. The van der Waals surface area contributed by atoms with Crippen molar-refractivity contribution < 1.29 is 4.74 Å². The Labute approximate surface area is 79.7 Å². The van der Waals surface area contributed by atoms with Crippen molar-refractivity contribution in [1.82, 2.24) is 9.78 Å². The molecule has 0 saturated heterocycles. The van der Waals surface area contributed by atoms with E-state index in [-0.39, 0.29) is 5.60 Å². The summed E-state index contributed by atoms with van der Waals surface area (Å²) < 4.78 is 7.54. The van der Waals surface area contributed by atoms with Crippen LogP contribution in [0.2, 0.25) is 0 Å². The zero-order valence-corrected chi connectivity index (χ0v) is 9.03. The smallest absolute Gasteiger partial charge is 0.157 e. The molecule has 0 bridgehead atoms. The summed E-state index contributed by atoms with van der Waals surface area (Å²) in [4.78, 5) is 0. The van der Waals surface area contributed by atoms with E-state index in [1.165, 1.54) is 0 Å². The highest BCUT2D eigenvalue weighted by Crippen LogP contribution is 2.18. The van der Waals surface area contributed by atoms with Crippen molar-refractivity contribution in [2.24, 2.45) is 0 Å². The summed E-state index contributed by atoms with van der Waals surface area (Å²) in [6.07, 6.45) is 3.68. The average molecular weight is 182 g/mol. The van der Waals surface area contributed by atoms with Crippen molar-refractivity contribution in [2.75, 3.05) is 0 Å². The van der Waals surface area contributed by atoms with Crippen LogP contribution >= 0.6 is 0 Å². The fourth-order valence-corrected chi connectivity index (χ4v) is 1.01. The zero-order valence-electron chi connectivity index (χ0n) is 9.03. The molecular weight excluding hydrogens is 164 g/mol. The SMILES string of the molecule is CC(C)n1cc(OC(C)(C)C)cn1. The van der Waals surface area contributed by atoms with Crippen LogP contribution in [0, 0.1) is 0 Å². The normalized spacial score (nSPS) is 12.2. The van der Waals surface area contributed by atoms with Gasteiger partial charge in [-0.3, -0.25) is 4.68 Å². The van der Waals surface area contributed by atoms with Gasteiger partial charge in [0.05, 0.1) is 12.4 Å². The third-order valence-electron chi connectivity index (χ3n) is 1.53. The van der Waals surface area contributed by atoms with Gasteiger partial charge in [0, 0.05) is 6.04 Å². The molecule has 0 N–H and O–H groups in total. The molecule has 3 nitrogen and oxygen atoms in total. The van der Waals surface area contributed by atoms with Crippen molar-refractivity contribution >= 4 is 0 Å². The Balaban J connectivity index is 2.70. The Morgan fingerprint density at radius 1 is 1.38 bits per heavy atom. The molecule has 0 aliphatic rings. The van der Waals surface area contributed by atoms with E-state index in [0.29, 0.717) is 6.04 Å². The van der Waals surface area contributed by atoms with Crippen molar-refractivity contribution in [3.05, 3.63) is 12.4 Å². The maximum Gasteiger partial charge on any atom is 0.157 e.